The summed E-state index contributed by atoms with van der Waals surface area (Å²) in [6, 6.07) is 6.95. The minimum atomic E-state index is 0.965. The van der Waals surface area contributed by atoms with E-state index in [0.717, 1.165) is 23.7 Å². The summed E-state index contributed by atoms with van der Waals surface area (Å²) >= 11 is 0. The quantitative estimate of drug-likeness (QED) is 0.591. The Morgan fingerprint density at radius 1 is 0.933 bits per heavy atom. The largest absolute Gasteiger partial charge is 0.0617 e. The van der Waals surface area contributed by atoms with Gasteiger partial charge in [0.05, 0.1) is 0 Å². The summed E-state index contributed by atoms with van der Waals surface area (Å²) in [6.07, 6.45) is 6.05. The van der Waals surface area contributed by atoms with Crippen molar-refractivity contribution in [2.24, 2.45) is 11.8 Å². The van der Waals surface area contributed by atoms with Crippen LogP contribution in [-0.4, -0.2) is 0 Å². The lowest BCUT2D eigenvalue weighted by Crippen LogP contribution is -2.44. The van der Waals surface area contributed by atoms with Gasteiger partial charge >= 0.3 is 0 Å². The van der Waals surface area contributed by atoms with Crippen molar-refractivity contribution in [3.05, 3.63) is 34.9 Å². The molecule has 2 bridgehead atoms. The third-order valence-corrected chi connectivity index (χ3v) is 5.27. The average Bonchev–Trinajstić information content (AvgIpc) is 2.24. The molecule has 3 fully saturated rings. The second-order valence-corrected chi connectivity index (χ2v) is 5.80. The van der Waals surface area contributed by atoms with Crippen molar-refractivity contribution in [1.82, 2.24) is 0 Å². The van der Waals surface area contributed by atoms with E-state index in [4.69, 9.17) is 0 Å². The van der Waals surface area contributed by atoms with Crippen LogP contribution in [-0.2, 0) is 0 Å². The summed E-state index contributed by atoms with van der Waals surface area (Å²) in [5, 5.41) is 0. The van der Waals surface area contributed by atoms with E-state index in [9.17, 15) is 0 Å². The van der Waals surface area contributed by atoms with Gasteiger partial charge in [-0.3, -0.25) is 0 Å². The molecule has 0 nitrogen and oxygen atoms in total. The molecule has 2 atom stereocenters. The first-order valence-corrected chi connectivity index (χ1v) is 6.45. The molecule has 3 saturated carbocycles. The summed E-state index contributed by atoms with van der Waals surface area (Å²) in [6.45, 7) is 2.30. The van der Waals surface area contributed by atoms with E-state index in [2.05, 4.69) is 25.1 Å². The molecule has 5 rings (SSSR count). The Balaban J connectivity index is 1.88. The number of benzene rings is 1. The van der Waals surface area contributed by atoms with Gasteiger partial charge in [-0.15, -0.1) is 0 Å². The Hall–Kier alpha value is -0.780. The first-order chi connectivity index (χ1) is 7.36. The maximum absolute atomic E-state index is 2.39. The Bertz CT molecular complexity index is 410. The van der Waals surface area contributed by atoms with Crippen molar-refractivity contribution in [1.29, 1.82) is 0 Å². The molecular weight excluding hydrogens is 180 g/mol. The molecule has 1 aromatic carbocycles. The zero-order chi connectivity index (χ0) is 9.99. The van der Waals surface area contributed by atoms with Gasteiger partial charge in [0.2, 0.25) is 0 Å². The molecule has 0 aliphatic heterocycles. The topological polar surface area (TPSA) is 0 Å². The normalized spacial score (nSPS) is 40.6. The molecule has 2 unspecified atom stereocenters. The molecule has 4 aliphatic carbocycles. The lowest BCUT2D eigenvalue weighted by atomic mass is 9.48. The number of rotatable bonds is 0. The fourth-order valence-electron chi connectivity index (χ4n) is 4.67. The molecule has 4 aliphatic rings. The molecule has 0 saturated heterocycles. The molecule has 0 N–H and O–H groups in total. The molecule has 15 heavy (non-hydrogen) atoms. The Morgan fingerprint density at radius 3 is 2.33 bits per heavy atom. The Labute approximate surface area is 91.7 Å². The monoisotopic (exact) mass is 198 g/mol. The molecule has 0 heteroatoms. The molecule has 0 amide bonds. The van der Waals surface area contributed by atoms with Gasteiger partial charge < -0.3 is 0 Å². The van der Waals surface area contributed by atoms with Crippen LogP contribution in [0.2, 0.25) is 0 Å². The van der Waals surface area contributed by atoms with Gasteiger partial charge in [0.15, 0.2) is 0 Å². The second-order valence-electron chi connectivity index (χ2n) is 5.80. The number of hydrogen-bond acceptors (Lipinski definition) is 0. The van der Waals surface area contributed by atoms with Crippen LogP contribution in [0.1, 0.15) is 54.2 Å². The van der Waals surface area contributed by atoms with E-state index < -0.39 is 0 Å². The summed E-state index contributed by atoms with van der Waals surface area (Å²) in [4.78, 5) is 0. The van der Waals surface area contributed by atoms with Gasteiger partial charge in [0.1, 0.15) is 0 Å². The van der Waals surface area contributed by atoms with Crippen LogP contribution < -0.4 is 0 Å². The van der Waals surface area contributed by atoms with Crippen molar-refractivity contribution in [3.8, 4) is 0 Å². The number of aryl methyl sites for hydroxylation is 1. The Morgan fingerprint density at radius 2 is 1.60 bits per heavy atom. The summed E-state index contributed by atoms with van der Waals surface area (Å²) in [5.74, 6) is 4.00. The predicted octanol–water partition coefficient (Wildman–Crippen LogP) is 4.00. The first kappa shape index (κ1) is 8.38. The fraction of sp³-hybridized carbons (Fsp3) is 0.600. The van der Waals surface area contributed by atoms with Gasteiger partial charge in [0.25, 0.3) is 0 Å². The minimum absolute atomic E-state index is 0.965. The third kappa shape index (κ3) is 0.891. The highest BCUT2D eigenvalue weighted by atomic mass is 14.6. The molecule has 78 valence electrons. The van der Waals surface area contributed by atoms with Crippen molar-refractivity contribution in [3.63, 3.8) is 0 Å². The number of fused-ring (bicyclic) bond motifs is 3. The molecule has 0 aromatic heterocycles. The standard InChI is InChI=1S/C15H18/c1-9-3-2-4-12-13(9)15-11-7-5-10(6-8-11)14(12)15/h2-4,10-11,14-15H,5-8H2,1H3. The van der Waals surface area contributed by atoms with E-state index in [0.29, 0.717) is 0 Å². The highest BCUT2D eigenvalue weighted by Crippen LogP contribution is 2.65. The van der Waals surface area contributed by atoms with Crippen molar-refractivity contribution in [2.75, 3.05) is 0 Å². The van der Waals surface area contributed by atoms with Crippen LogP contribution in [0.4, 0.5) is 0 Å². The lowest BCUT2D eigenvalue weighted by Gasteiger charge is -2.56. The van der Waals surface area contributed by atoms with Crippen LogP contribution >= 0.6 is 0 Å². The van der Waals surface area contributed by atoms with Crippen LogP contribution in [0.5, 0.6) is 0 Å². The van der Waals surface area contributed by atoms with Crippen LogP contribution in [0.25, 0.3) is 0 Å². The van der Waals surface area contributed by atoms with Crippen LogP contribution in [0, 0.1) is 18.8 Å². The van der Waals surface area contributed by atoms with Crippen molar-refractivity contribution >= 4 is 0 Å². The molecule has 1 aromatic rings. The average molecular weight is 198 g/mol. The van der Waals surface area contributed by atoms with Gasteiger partial charge in [-0.25, -0.2) is 0 Å². The number of hydrogen-bond donors (Lipinski definition) is 0. The Kier molecular flexibility index (Phi) is 1.49. The fourth-order valence-corrected chi connectivity index (χ4v) is 4.67. The van der Waals surface area contributed by atoms with Crippen LogP contribution in [0.3, 0.4) is 0 Å². The molecule has 0 heterocycles. The van der Waals surface area contributed by atoms with Crippen molar-refractivity contribution in [2.45, 2.75) is 44.4 Å². The van der Waals surface area contributed by atoms with Gasteiger partial charge in [0, 0.05) is 0 Å². The smallest absolute Gasteiger partial charge is 0.00565 e. The van der Waals surface area contributed by atoms with E-state index in [-0.39, 0.29) is 0 Å². The lowest BCUT2D eigenvalue weighted by molar-refractivity contribution is 0.0891. The molecule has 0 radical (unpaired) electrons. The van der Waals surface area contributed by atoms with Crippen LogP contribution in [0.15, 0.2) is 18.2 Å². The molecular formula is C15H18. The predicted molar refractivity (Wildman–Crippen MR) is 62.1 cm³/mol. The van der Waals surface area contributed by atoms with E-state index in [1.807, 2.05) is 0 Å². The third-order valence-electron chi connectivity index (χ3n) is 5.27. The van der Waals surface area contributed by atoms with Gasteiger partial charge in [-0.2, -0.15) is 0 Å². The van der Waals surface area contributed by atoms with E-state index >= 15 is 0 Å². The van der Waals surface area contributed by atoms with E-state index in [1.54, 1.807) is 16.7 Å². The zero-order valence-electron chi connectivity index (χ0n) is 9.37. The van der Waals surface area contributed by atoms with E-state index in [1.165, 1.54) is 25.7 Å². The maximum atomic E-state index is 2.39. The second kappa shape index (κ2) is 2.66. The summed E-state index contributed by atoms with van der Waals surface area (Å²) in [5.41, 5.74) is 5.02. The van der Waals surface area contributed by atoms with Crippen molar-refractivity contribution < 1.29 is 0 Å². The van der Waals surface area contributed by atoms with Gasteiger partial charge in [-0.1, -0.05) is 18.2 Å². The first-order valence-electron chi connectivity index (χ1n) is 6.45. The SMILES string of the molecule is Cc1cccc2c1C1C3CCC(CC3)C21. The molecule has 0 spiro atoms. The highest BCUT2D eigenvalue weighted by Gasteiger charge is 2.52. The zero-order valence-corrected chi connectivity index (χ0v) is 9.37. The minimum Gasteiger partial charge on any atom is -0.0617 e. The summed E-state index contributed by atoms with van der Waals surface area (Å²) in [7, 11) is 0. The maximum Gasteiger partial charge on any atom is -0.00565 e. The summed E-state index contributed by atoms with van der Waals surface area (Å²) < 4.78 is 0. The highest BCUT2D eigenvalue weighted by molar-refractivity contribution is 5.51. The van der Waals surface area contributed by atoms with Gasteiger partial charge in [-0.05, 0) is 73.0 Å².